The summed E-state index contributed by atoms with van der Waals surface area (Å²) in [6.07, 6.45) is 5.67. The first-order valence-corrected chi connectivity index (χ1v) is 9.34. The highest BCUT2D eigenvalue weighted by Crippen LogP contribution is 2.14. The van der Waals surface area contributed by atoms with Gasteiger partial charge in [0.25, 0.3) is 0 Å². The van der Waals surface area contributed by atoms with Crippen molar-refractivity contribution in [2.75, 3.05) is 13.1 Å². The van der Waals surface area contributed by atoms with E-state index in [4.69, 9.17) is 0 Å². The number of hydrogen-bond donors (Lipinski definition) is 2. The molecular formula is C19H28N6. The van der Waals surface area contributed by atoms with Gasteiger partial charge in [-0.3, -0.25) is 0 Å². The van der Waals surface area contributed by atoms with Crippen LogP contribution in [-0.4, -0.2) is 33.8 Å². The van der Waals surface area contributed by atoms with Crippen molar-refractivity contribution in [1.82, 2.24) is 25.4 Å². The lowest BCUT2D eigenvalue weighted by atomic mass is 10.2. The summed E-state index contributed by atoms with van der Waals surface area (Å²) in [4.78, 5) is 4.66. The van der Waals surface area contributed by atoms with Crippen LogP contribution in [0.2, 0.25) is 0 Å². The van der Waals surface area contributed by atoms with E-state index in [2.05, 4.69) is 49.4 Å². The summed E-state index contributed by atoms with van der Waals surface area (Å²) in [7, 11) is 0. The highest BCUT2D eigenvalue weighted by molar-refractivity contribution is 5.79. The largest absolute Gasteiger partial charge is 0.357 e. The van der Waals surface area contributed by atoms with Crippen molar-refractivity contribution in [3.05, 3.63) is 47.5 Å². The summed E-state index contributed by atoms with van der Waals surface area (Å²) in [6.45, 7) is 5.47. The number of aryl methyl sites for hydroxylation is 1. The van der Waals surface area contributed by atoms with Gasteiger partial charge in [-0.1, -0.05) is 36.8 Å². The number of aromatic nitrogens is 3. The molecule has 0 spiro atoms. The lowest BCUT2D eigenvalue weighted by Crippen LogP contribution is -2.38. The molecule has 1 aliphatic rings. The van der Waals surface area contributed by atoms with Crippen LogP contribution in [0.25, 0.3) is 0 Å². The van der Waals surface area contributed by atoms with Crippen LogP contribution in [-0.2, 0) is 25.9 Å². The van der Waals surface area contributed by atoms with Crippen LogP contribution in [0.15, 0.2) is 35.3 Å². The molecule has 6 nitrogen and oxygen atoms in total. The molecule has 0 amide bonds. The Kier molecular flexibility index (Phi) is 6.42. The van der Waals surface area contributed by atoms with E-state index in [-0.39, 0.29) is 0 Å². The molecule has 3 rings (SSSR count). The predicted octanol–water partition coefficient (Wildman–Crippen LogP) is 2.30. The molecule has 1 aromatic heterocycles. The molecule has 25 heavy (non-hydrogen) atoms. The Hall–Kier alpha value is -2.37. The summed E-state index contributed by atoms with van der Waals surface area (Å²) in [5.74, 6) is 3.09. The number of guanidine groups is 1. The molecule has 6 heteroatoms. The summed E-state index contributed by atoms with van der Waals surface area (Å²) < 4.78 is 2.31. The second-order valence-electron chi connectivity index (χ2n) is 6.35. The van der Waals surface area contributed by atoms with Crippen molar-refractivity contribution in [1.29, 1.82) is 0 Å². The Bertz CT molecular complexity index is 676. The van der Waals surface area contributed by atoms with Crippen LogP contribution >= 0.6 is 0 Å². The molecule has 0 atom stereocenters. The molecular weight excluding hydrogens is 312 g/mol. The summed E-state index contributed by atoms with van der Waals surface area (Å²) in [5, 5.41) is 15.5. The number of nitrogens with zero attached hydrogens (tertiary/aromatic N) is 4. The first-order valence-electron chi connectivity index (χ1n) is 9.34. The Morgan fingerprint density at radius 3 is 2.84 bits per heavy atom. The quantitative estimate of drug-likeness (QED) is 0.625. The Morgan fingerprint density at radius 1 is 1.12 bits per heavy atom. The van der Waals surface area contributed by atoms with Crippen LogP contribution in [0.3, 0.4) is 0 Å². The average Bonchev–Trinajstić information content (AvgIpc) is 2.87. The van der Waals surface area contributed by atoms with Gasteiger partial charge < -0.3 is 15.2 Å². The molecule has 0 saturated heterocycles. The SMILES string of the molecule is CCNC(=NCc1ccccc1)NCCc1nnc2n1CCCCC2. The molecule has 1 aromatic carbocycles. The van der Waals surface area contributed by atoms with E-state index in [1.807, 2.05) is 18.2 Å². The maximum absolute atomic E-state index is 4.66. The zero-order valence-corrected chi connectivity index (χ0v) is 15.0. The van der Waals surface area contributed by atoms with Gasteiger partial charge in [0.1, 0.15) is 11.6 Å². The molecule has 0 fully saturated rings. The zero-order chi connectivity index (χ0) is 17.3. The van der Waals surface area contributed by atoms with Gasteiger partial charge >= 0.3 is 0 Å². The normalized spacial score (nSPS) is 14.7. The molecule has 134 valence electrons. The fraction of sp³-hybridized carbons (Fsp3) is 0.526. The van der Waals surface area contributed by atoms with Gasteiger partial charge in [0.05, 0.1) is 6.54 Å². The van der Waals surface area contributed by atoms with Gasteiger partial charge in [0, 0.05) is 32.5 Å². The molecule has 2 N–H and O–H groups in total. The van der Waals surface area contributed by atoms with Crippen LogP contribution < -0.4 is 10.6 Å². The van der Waals surface area contributed by atoms with E-state index >= 15 is 0 Å². The van der Waals surface area contributed by atoms with Crippen molar-refractivity contribution >= 4 is 5.96 Å². The van der Waals surface area contributed by atoms with Gasteiger partial charge in [-0.25, -0.2) is 4.99 Å². The Balaban J connectivity index is 1.54. The fourth-order valence-corrected chi connectivity index (χ4v) is 3.12. The number of benzene rings is 1. The highest BCUT2D eigenvalue weighted by atomic mass is 15.3. The van der Waals surface area contributed by atoms with Gasteiger partial charge in [0.15, 0.2) is 5.96 Å². The van der Waals surface area contributed by atoms with Gasteiger partial charge in [0.2, 0.25) is 0 Å². The number of aliphatic imine (C=N–C) groups is 1. The lowest BCUT2D eigenvalue weighted by molar-refractivity contribution is 0.600. The summed E-state index contributed by atoms with van der Waals surface area (Å²) >= 11 is 0. The van der Waals surface area contributed by atoms with E-state index in [1.165, 1.54) is 24.8 Å². The first kappa shape index (κ1) is 17.5. The van der Waals surface area contributed by atoms with E-state index in [9.17, 15) is 0 Å². The Labute approximate surface area is 149 Å². The minimum Gasteiger partial charge on any atom is -0.357 e. The molecule has 1 aliphatic heterocycles. The highest BCUT2D eigenvalue weighted by Gasteiger charge is 2.14. The molecule has 0 bridgehead atoms. The van der Waals surface area contributed by atoms with E-state index in [0.717, 1.165) is 50.1 Å². The number of nitrogens with one attached hydrogen (secondary N) is 2. The third-order valence-corrected chi connectivity index (χ3v) is 4.43. The van der Waals surface area contributed by atoms with Crippen molar-refractivity contribution in [2.45, 2.75) is 52.1 Å². The minimum atomic E-state index is 0.677. The smallest absolute Gasteiger partial charge is 0.191 e. The average molecular weight is 340 g/mol. The van der Waals surface area contributed by atoms with Gasteiger partial charge in [-0.05, 0) is 25.3 Å². The monoisotopic (exact) mass is 340 g/mol. The van der Waals surface area contributed by atoms with Crippen molar-refractivity contribution in [3.63, 3.8) is 0 Å². The summed E-state index contributed by atoms with van der Waals surface area (Å²) in [5.41, 5.74) is 1.21. The van der Waals surface area contributed by atoms with Crippen LogP contribution in [0.1, 0.15) is 43.4 Å². The minimum absolute atomic E-state index is 0.677. The van der Waals surface area contributed by atoms with Crippen LogP contribution in [0.4, 0.5) is 0 Å². The maximum Gasteiger partial charge on any atom is 0.191 e. The molecule has 0 radical (unpaired) electrons. The zero-order valence-electron chi connectivity index (χ0n) is 15.0. The van der Waals surface area contributed by atoms with Gasteiger partial charge in [-0.15, -0.1) is 10.2 Å². The third kappa shape index (κ3) is 5.05. The third-order valence-electron chi connectivity index (χ3n) is 4.43. The first-order chi connectivity index (χ1) is 12.4. The fourth-order valence-electron chi connectivity index (χ4n) is 3.12. The van der Waals surface area contributed by atoms with E-state index in [1.54, 1.807) is 0 Å². The second kappa shape index (κ2) is 9.20. The second-order valence-corrected chi connectivity index (χ2v) is 6.35. The van der Waals surface area contributed by atoms with E-state index < -0.39 is 0 Å². The summed E-state index contributed by atoms with van der Waals surface area (Å²) in [6, 6.07) is 10.3. The standard InChI is InChI=1S/C19H28N6/c1-2-20-19(22-15-16-9-5-3-6-10-16)21-13-12-18-24-23-17-11-7-4-8-14-25(17)18/h3,5-6,9-10H,2,4,7-8,11-15H2,1H3,(H2,20,21,22). The van der Waals surface area contributed by atoms with Crippen LogP contribution in [0, 0.1) is 0 Å². The van der Waals surface area contributed by atoms with Crippen molar-refractivity contribution in [2.24, 2.45) is 4.99 Å². The molecule has 0 saturated carbocycles. The van der Waals surface area contributed by atoms with Crippen LogP contribution in [0.5, 0.6) is 0 Å². The molecule has 0 unspecified atom stereocenters. The predicted molar refractivity (Wildman–Crippen MR) is 101 cm³/mol. The molecule has 2 aromatic rings. The lowest BCUT2D eigenvalue weighted by Gasteiger charge is -2.12. The number of hydrogen-bond acceptors (Lipinski definition) is 3. The topological polar surface area (TPSA) is 67.1 Å². The van der Waals surface area contributed by atoms with Crippen molar-refractivity contribution < 1.29 is 0 Å². The maximum atomic E-state index is 4.66. The number of fused-ring (bicyclic) bond motifs is 1. The molecule has 2 heterocycles. The molecule has 0 aliphatic carbocycles. The van der Waals surface area contributed by atoms with Gasteiger partial charge in [-0.2, -0.15) is 0 Å². The van der Waals surface area contributed by atoms with E-state index in [0.29, 0.717) is 6.54 Å². The number of rotatable bonds is 6. The Morgan fingerprint density at radius 2 is 2.00 bits per heavy atom. The van der Waals surface area contributed by atoms with Crippen molar-refractivity contribution in [3.8, 4) is 0 Å².